The van der Waals surface area contributed by atoms with E-state index < -0.39 is 36.4 Å². The molecule has 0 aromatic carbocycles. The van der Waals surface area contributed by atoms with Crippen LogP contribution in [-0.4, -0.2) is 87.2 Å². The highest BCUT2D eigenvalue weighted by atomic mass is 16.7. The Bertz CT molecular complexity index is 575. The summed E-state index contributed by atoms with van der Waals surface area (Å²) in [6.07, 6.45) is -1.02. The van der Waals surface area contributed by atoms with Gasteiger partial charge in [0.25, 0.3) is 0 Å². The Hall–Kier alpha value is -0.610. The first-order valence-electron chi connectivity index (χ1n) is 12.5. The van der Waals surface area contributed by atoms with Crippen molar-refractivity contribution in [2.75, 3.05) is 13.6 Å². The Morgan fingerprint density at radius 2 is 1.88 bits per heavy atom. The van der Waals surface area contributed by atoms with E-state index in [4.69, 9.17) is 9.47 Å². The van der Waals surface area contributed by atoms with Crippen LogP contribution in [0.25, 0.3) is 0 Å². The number of hydrogen-bond donors (Lipinski definition) is 4. The SMILES string of the molecule is CC[C@@H](O)C(O)N(C)C[C@H](C)C[C@@](C)(O)CC[C@H](O[C@H]1C[C@H](C)[C@@H](O)[C@H](C)O1)[C@@H](C)C(C)=O. The first-order chi connectivity index (χ1) is 15.2. The third-order valence-corrected chi connectivity index (χ3v) is 7.09. The van der Waals surface area contributed by atoms with Gasteiger partial charge in [-0.25, -0.2) is 0 Å². The summed E-state index contributed by atoms with van der Waals surface area (Å²) in [5, 5.41) is 41.2. The number of Topliss-reactive ketones (excluding diaryl/α,β-unsaturated/α-hetero) is 1. The van der Waals surface area contributed by atoms with Crippen molar-refractivity contribution in [3.05, 3.63) is 0 Å². The van der Waals surface area contributed by atoms with Gasteiger partial charge in [-0.3, -0.25) is 9.69 Å². The fraction of sp³-hybridized carbons (Fsp3) is 0.960. The Morgan fingerprint density at radius 3 is 2.39 bits per heavy atom. The summed E-state index contributed by atoms with van der Waals surface area (Å²) >= 11 is 0. The minimum atomic E-state index is -0.975. The molecule has 4 N–H and O–H groups in total. The largest absolute Gasteiger partial charge is 0.390 e. The normalized spacial score (nSPS) is 30.3. The molecule has 1 heterocycles. The number of rotatable bonds is 14. The van der Waals surface area contributed by atoms with Gasteiger partial charge in [0.1, 0.15) is 12.0 Å². The highest BCUT2D eigenvalue weighted by Crippen LogP contribution is 2.31. The summed E-state index contributed by atoms with van der Waals surface area (Å²) in [4.78, 5) is 13.8. The fourth-order valence-electron chi connectivity index (χ4n) is 4.74. The van der Waals surface area contributed by atoms with Crippen LogP contribution in [0.3, 0.4) is 0 Å². The molecule has 1 aliphatic rings. The maximum atomic E-state index is 12.1. The highest BCUT2D eigenvalue weighted by Gasteiger charge is 2.36. The van der Waals surface area contributed by atoms with Crippen molar-refractivity contribution in [2.45, 2.75) is 123 Å². The number of aliphatic hydroxyl groups is 4. The second-order valence-electron chi connectivity index (χ2n) is 10.7. The van der Waals surface area contributed by atoms with Crippen LogP contribution in [0.2, 0.25) is 0 Å². The van der Waals surface area contributed by atoms with Crippen molar-refractivity contribution in [1.29, 1.82) is 0 Å². The number of carbonyl (C=O) groups is 1. The summed E-state index contributed by atoms with van der Waals surface area (Å²) in [5.41, 5.74) is -0.975. The average molecular weight is 476 g/mol. The van der Waals surface area contributed by atoms with Crippen molar-refractivity contribution in [3.63, 3.8) is 0 Å². The molecule has 0 aliphatic carbocycles. The monoisotopic (exact) mass is 475 g/mol. The van der Waals surface area contributed by atoms with Gasteiger partial charge >= 0.3 is 0 Å². The minimum Gasteiger partial charge on any atom is -0.390 e. The van der Waals surface area contributed by atoms with E-state index in [-0.39, 0.29) is 29.6 Å². The number of carbonyl (C=O) groups excluding carboxylic acids is 1. The Morgan fingerprint density at radius 1 is 1.27 bits per heavy atom. The lowest BCUT2D eigenvalue weighted by Gasteiger charge is -2.39. The highest BCUT2D eigenvalue weighted by molar-refractivity contribution is 5.78. The van der Waals surface area contributed by atoms with E-state index in [0.717, 1.165) is 0 Å². The molecule has 196 valence electrons. The summed E-state index contributed by atoms with van der Waals surface area (Å²) in [6.45, 7) is 13.3. The first-order valence-corrected chi connectivity index (χ1v) is 12.5. The van der Waals surface area contributed by atoms with Crippen LogP contribution in [0.5, 0.6) is 0 Å². The van der Waals surface area contributed by atoms with Gasteiger partial charge in [0.15, 0.2) is 6.29 Å². The topological polar surface area (TPSA) is 120 Å². The van der Waals surface area contributed by atoms with Gasteiger partial charge in [0, 0.05) is 18.9 Å². The van der Waals surface area contributed by atoms with Crippen molar-refractivity contribution < 1.29 is 34.7 Å². The second kappa shape index (κ2) is 13.5. The molecule has 1 aliphatic heterocycles. The third-order valence-electron chi connectivity index (χ3n) is 7.09. The van der Waals surface area contributed by atoms with Crippen molar-refractivity contribution >= 4 is 5.78 Å². The fourth-order valence-corrected chi connectivity index (χ4v) is 4.74. The zero-order valence-electron chi connectivity index (χ0n) is 21.9. The van der Waals surface area contributed by atoms with Crippen molar-refractivity contribution in [1.82, 2.24) is 4.90 Å². The van der Waals surface area contributed by atoms with E-state index in [2.05, 4.69) is 0 Å². The van der Waals surface area contributed by atoms with Crippen LogP contribution in [0.1, 0.15) is 80.6 Å². The van der Waals surface area contributed by atoms with Crippen LogP contribution in [0, 0.1) is 17.8 Å². The van der Waals surface area contributed by atoms with Gasteiger partial charge in [-0.2, -0.15) is 0 Å². The molecule has 0 aromatic rings. The number of nitrogens with zero attached hydrogens (tertiary/aromatic N) is 1. The van der Waals surface area contributed by atoms with Crippen LogP contribution >= 0.6 is 0 Å². The Kier molecular flexibility index (Phi) is 12.4. The number of likely N-dealkylation sites (N-methyl/N-ethyl adjacent to an activating group) is 1. The molecule has 0 spiro atoms. The Balaban J connectivity index is 2.70. The molecule has 0 radical (unpaired) electrons. The van der Waals surface area contributed by atoms with Crippen LogP contribution in [0.4, 0.5) is 0 Å². The smallest absolute Gasteiger partial charge is 0.158 e. The zero-order chi connectivity index (χ0) is 25.5. The van der Waals surface area contributed by atoms with Gasteiger partial charge < -0.3 is 29.9 Å². The molecule has 1 saturated heterocycles. The molecular formula is C25H49NO7. The standard InChI is InChI=1S/C25H49NO7/c1-9-20(28)24(30)26(8)14-15(2)13-25(7,31)11-10-21(17(4)18(5)27)33-22-12-16(3)23(29)19(6)32-22/h15-17,19-24,28-31H,9-14H2,1-8H3/t15-,16+,17+,19+,20-,21+,22+,23-,24?,25+/m1/s1. The Labute approximate surface area is 200 Å². The van der Waals surface area contributed by atoms with Gasteiger partial charge in [0.2, 0.25) is 0 Å². The molecule has 0 bridgehead atoms. The van der Waals surface area contributed by atoms with E-state index >= 15 is 0 Å². The lowest BCUT2D eigenvalue weighted by molar-refractivity contribution is -0.253. The van der Waals surface area contributed by atoms with Crippen LogP contribution in [-0.2, 0) is 14.3 Å². The van der Waals surface area contributed by atoms with Crippen LogP contribution in [0.15, 0.2) is 0 Å². The lowest BCUT2D eigenvalue weighted by Crippen LogP contribution is -2.46. The molecule has 10 atom stereocenters. The van der Waals surface area contributed by atoms with E-state index in [1.54, 1.807) is 25.8 Å². The van der Waals surface area contributed by atoms with E-state index in [1.165, 1.54) is 0 Å². The maximum absolute atomic E-state index is 12.1. The van der Waals surface area contributed by atoms with Crippen LogP contribution < -0.4 is 0 Å². The number of aliphatic hydroxyl groups excluding tert-OH is 3. The molecule has 33 heavy (non-hydrogen) atoms. The predicted molar refractivity (Wildman–Crippen MR) is 127 cm³/mol. The summed E-state index contributed by atoms with van der Waals surface area (Å²) in [6, 6.07) is 0. The second-order valence-corrected chi connectivity index (χ2v) is 10.7. The van der Waals surface area contributed by atoms with E-state index in [9.17, 15) is 25.2 Å². The molecular weight excluding hydrogens is 426 g/mol. The molecule has 0 amide bonds. The van der Waals surface area contributed by atoms with Gasteiger partial charge in [-0.05, 0) is 65.3 Å². The number of hydrogen-bond acceptors (Lipinski definition) is 8. The molecule has 1 rings (SSSR count). The third kappa shape index (κ3) is 9.88. The quantitative estimate of drug-likeness (QED) is 0.283. The van der Waals surface area contributed by atoms with Gasteiger partial charge in [-0.1, -0.05) is 27.7 Å². The van der Waals surface area contributed by atoms with E-state index in [1.807, 2.05) is 34.6 Å². The molecule has 1 unspecified atom stereocenters. The van der Waals surface area contributed by atoms with Crippen molar-refractivity contribution in [3.8, 4) is 0 Å². The number of ketones is 1. The summed E-state index contributed by atoms with van der Waals surface area (Å²) < 4.78 is 12.0. The van der Waals surface area contributed by atoms with Gasteiger partial charge in [0.05, 0.1) is 30.0 Å². The first kappa shape index (κ1) is 30.4. The molecule has 0 aromatic heterocycles. The zero-order valence-corrected chi connectivity index (χ0v) is 21.9. The minimum absolute atomic E-state index is 0.0232. The lowest BCUT2D eigenvalue weighted by atomic mass is 9.85. The van der Waals surface area contributed by atoms with Gasteiger partial charge in [-0.15, -0.1) is 0 Å². The molecule has 8 heteroatoms. The maximum Gasteiger partial charge on any atom is 0.158 e. The van der Waals surface area contributed by atoms with E-state index in [0.29, 0.717) is 38.6 Å². The predicted octanol–water partition coefficient (Wildman–Crippen LogP) is 2.31. The average Bonchev–Trinajstić information content (AvgIpc) is 2.72. The summed E-state index contributed by atoms with van der Waals surface area (Å²) in [5.74, 6) is -0.195. The van der Waals surface area contributed by atoms with Crippen molar-refractivity contribution in [2.24, 2.45) is 17.8 Å². The molecule has 0 saturated carbocycles. The molecule has 1 fully saturated rings. The number of ether oxygens (including phenoxy) is 2. The summed E-state index contributed by atoms with van der Waals surface area (Å²) in [7, 11) is 1.76. The molecule has 8 nitrogen and oxygen atoms in total.